The number of aromatic nitrogens is 3. The van der Waals surface area contributed by atoms with E-state index in [4.69, 9.17) is 5.73 Å². The SMILES string of the molecule is NC(c1ccccc1)c1cnnn1-c1ccccc1. The zero-order valence-electron chi connectivity index (χ0n) is 10.3. The monoisotopic (exact) mass is 250 g/mol. The Kier molecular flexibility index (Phi) is 3.08. The van der Waals surface area contributed by atoms with Crippen molar-refractivity contribution in [2.45, 2.75) is 6.04 Å². The largest absolute Gasteiger partial charge is 0.319 e. The average Bonchev–Trinajstić information content (AvgIpc) is 2.98. The summed E-state index contributed by atoms with van der Waals surface area (Å²) in [5.41, 5.74) is 9.17. The Hall–Kier alpha value is -2.46. The lowest BCUT2D eigenvalue weighted by atomic mass is 10.1. The minimum atomic E-state index is -0.239. The van der Waals surface area contributed by atoms with Gasteiger partial charge in [0.05, 0.1) is 23.6 Å². The molecule has 1 aromatic heterocycles. The highest BCUT2D eigenvalue weighted by Crippen LogP contribution is 2.20. The van der Waals surface area contributed by atoms with Crippen LogP contribution in [-0.4, -0.2) is 15.0 Å². The van der Waals surface area contributed by atoms with E-state index in [1.807, 2.05) is 60.7 Å². The van der Waals surface area contributed by atoms with E-state index in [1.165, 1.54) is 0 Å². The molecule has 0 fully saturated rings. The molecular formula is C15H14N4. The molecule has 4 heteroatoms. The fraction of sp³-hybridized carbons (Fsp3) is 0.0667. The predicted octanol–water partition coefficient (Wildman–Crippen LogP) is 2.32. The second-order valence-electron chi connectivity index (χ2n) is 4.29. The highest BCUT2D eigenvalue weighted by Gasteiger charge is 2.15. The molecule has 94 valence electrons. The van der Waals surface area contributed by atoms with Crippen LogP contribution in [0.25, 0.3) is 5.69 Å². The number of hydrogen-bond donors (Lipinski definition) is 1. The predicted molar refractivity (Wildman–Crippen MR) is 73.8 cm³/mol. The van der Waals surface area contributed by atoms with Crippen LogP contribution in [0.4, 0.5) is 0 Å². The third-order valence-electron chi connectivity index (χ3n) is 3.05. The van der Waals surface area contributed by atoms with Crippen molar-refractivity contribution in [3.05, 3.63) is 78.1 Å². The molecule has 0 spiro atoms. The van der Waals surface area contributed by atoms with Crippen molar-refractivity contribution in [1.29, 1.82) is 0 Å². The van der Waals surface area contributed by atoms with Crippen LogP contribution in [-0.2, 0) is 0 Å². The van der Waals surface area contributed by atoms with Gasteiger partial charge in [0.2, 0.25) is 0 Å². The Morgan fingerprint density at radius 1 is 0.895 bits per heavy atom. The first kappa shape index (κ1) is 11.6. The number of nitrogens with two attached hydrogens (primary N) is 1. The van der Waals surface area contributed by atoms with E-state index in [2.05, 4.69) is 10.3 Å². The molecule has 2 N–H and O–H groups in total. The summed E-state index contributed by atoms with van der Waals surface area (Å²) in [6.45, 7) is 0. The first-order valence-corrected chi connectivity index (χ1v) is 6.13. The average molecular weight is 250 g/mol. The third kappa shape index (κ3) is 2.26. The summed E-state index contributed by atoms with van der Waals surface area (Å²) in [5, 5.41) is 8.10. The molecule has 0 radical (unpaired) electrons. The summed E-state index contributed by atoms with van der Waals surface area (Å²) in [6.07, 6.45) is 1.71. The van der Waals surface area contributed by atoms with Gasteiger partial charge >= 0.3 is 0 Å². The van der Waals surface area contributed by atoms with E-state index < -0.39 is 0 Å². The van der Waals surface area contributed by atoms with Crippen molar-refractivity contribution in [2.24, 2.45) is 5.73 Å². The van der Waals surface area contributed by atoms with Crippen LogP contribution in [0.2, 0.25) is 0 Å². The van der Waals surface area contributed by atoms with Crippen LogP contribution < -0.4 is 5.73 Å². The Balaban J connectivity index is 2.01. The molecule has 1 unspecified atom stereocenters. The van der Waals surface area contributed by atoms with Crippen LogP contribution in [0.15, 0.2) is 66.9 Å². The van der Waals surface area contributed by atoms with E-state index in [9.17, 15) is 0 Å². The number of rotatable bonds is 3. The maximum Gasteiger partial charge on any atom is 0.0858 e. The summed E-state index contributed by atoms with van der Waals surface area (Å²) >= 11 is 0. The first-order valence-electron chi connectivity index (χ1n) is 6.13. The molecule has 0 saturated carbocycles. The Bertz CT molecular complexity index is 646. The van der Waals surface area contributed by atoms with Gasteiger partial charge in [-0.1, -0.05) is 53.7 Å². The minimum Gasteiger partial charge on any atom is -0.319 e. The fourth-order valence-corrected chi connectivity index (χ4v) is 2.06. The van der Waals surface area contributed by atoms with Gasteiger partial charge in [-0.15, -0.1) is 5.10 Å². The van der Waals surface area contributed by atoms with Crippen molar-refractivity contribution in [1.82, 2.24) is 15.0 Å². The van der Waals surface area contributed by atoms with Crippen molar-refractivity contribution in [2.75, 3.05) is 0 Å². The molecule has 0 aliphatic heterocycles. The van der Waals surface area contributed by atoms with E-state index in [0.29, 0.717) is 0 Å². The normalized spacial score (nSPS) is 12.3. The zero-order chi connectivity index (χ0) is 13.1. The van der Waals surface area contributed by atoms with Gasteiger partial charge in [0.15, 0.2) is 0 Å². The lowest BCUT2D eigenvalue weighted by Gasteiger charge is -2.13. The highest BCUT2D eigenvalue weighted by atomic mass is 15.4. The lowest BCUT2D eigenvalue weighted by molar-refractivity contribution is 0.720. The maximum atomic E-state index is 6.30. The quantitative estimate of drug-likeness (QED) is 0.776. The molecule has 0 aliphatic rings. The van der Waals surface area contributed by atoms with Gasteiger partial charge in [-0.3, -0.25) is 0 Å². The molecular weight excluding hydrogens is 236 g/mol. The van der Waals surface area contributed by atoms with Crippen molar-refractivity contribution in [3.8, 4) is 5.69 Å². The second kappa shape index (κ2) is 5.04. The van der Waals surface area contributed by atoms with Gasteiger partial charge in [0, 0.05) is 0 Å². The molecule has 0 bridgehead atoms. The van der Waals surface area contributed by atoms with Gasteiger partial charge in [-0.05, 0) is 17.7 Å². The zero-order valence-corrected chi connectivity index (χ0v) is 10.3. The fourth-order valence-electron chi connectivity index (χ4n) is 2.06. The van der Waals surface area contributed by atoms with Gasteiger partial charge in [0.1, 0.15) is 0 Å². The van der Waals surface area contributed by atoms with Crippen LogP contribution in [0.3, 0.4) is 0 Å². The third-order valence-corrected chi connectivity index (χ3v) is 3.05. The Morgan fingerprint density at radius 2 is 1.53 bits per heavy atom. The minimum absolute atomic E-state index is 0.239. The van der Waals surface area contributed by atoms with Gasteiger partial charge in [-0.2, -0.15) is 0 Å². The first-order chi connectivity index (χ1) is 9.36. The molecule has 3 rings (SSSR count). The molecule has 1 heterocycles. The molecule has 2 aromatic carbocycles. The van der Waals surface area contributed by atoms with Crippen molar-refractivity contribution < 1.29 is 0 Å². The molecule has 3 aromatic rings. The summed E-state index contributed by atoms with van der Waals surface area (Å²) in [6, 6.07) is 19.6. The van der Waals surface area contributed by atoms with Crippen molar-refractivity contribution in [3.63, 3.8) is 0 Å². The molecule has 19 heavy (non-hydrogen) atoms. The van der Waals surface area contributed by atoms with E-state index >= 15 is 0 Å². The molecule has 0 amide bonds. The Morgan fingerprint density at radius 3 is 2.21 bits per heavy atom. The molecule has 1 atom stereocenters. The van der Waals surface area contributed by atoms with Crippen LogP contribution in [0, 0.1) is 0 Å². The van der Waals surface area contributed by atoms with E-state index in [0.717, 1.165) is 16.9 Å². The number of hydrogen-bond acceptors (Lipinski definition) is 3. The van der Waals surface area contributed by atoms with Crippen LogP contribution >= 0.6 is 0 Å². The van der Waals surface area contributed by atoms with Gasteiger partial charge in [-0.25, -0.2) is 4.68 Å². The van der Waals surface area contributed by atoms with Gasteiger partial charge in [0.25, 0.3) is 0 Å². The molecule has 0 aliphatic carbocycles. The lowest BCUT2D eigenvalue weighted by Crippen LogP contribution is -2.16. The Labute approximate surface area is 111 Å². The summed E-state index contributed by atoms with van der Waals surface area (Å²) in [4.78, 5) is 0. The highest BCUT2D eigenvalue weighted by molar-refractivity contribution is 5.35. The second-order valence-corrected chi connectivity index (χ2v) is 4.29. The smallest absolute Gasteiger partial charge is 0.0858 e. The molecule has 4 nitrogen and oxygen atoms in total. The summed E-state index contributed by atoms with van der Waals surface area (Å²) in [7, 11) is 0. The maximum absolute atomic E-state index is 6.30. The number of nitrogens with zero attached hydrogens (tertiary/aromatic N) is 3. The number of para-hydroxylation sites is 1. The molecule has 0 saturated heterocycles. The summed E-state index contributed by atoms with van der Waals surface area (Å²) in [5.74, 6) is 0. The van der Waals surface area contributed by atoms with Gasteiger partial charge < -0.3 is 5.73 Å². The van der Waals surface area contributed by atoms with Crippen molar-refractivity contribution >= 4 is 0 Å². The van der Waals surface area contributed by atoms with E-state index in [-0.39, 0.29) is 6.04 Å². The van der Waals surface area contributed by atoms with Crippen LogP contribution in [0.1, 0.15) is 17.3 Å². The van der Waals surface area contributed by atoms with Crippen LogP contribution in [0.5, 0.6) is 0 Å². The topological polar surface area (TPSA) is 56.7 Å². The van der Waals surface area contributed by atoms with E-state index in [1.54, 1.807) is 10.9 Å². The summed E-state index contributed by atoms with van der Waals surface area (Å²) < 4.78 is 1.78. The number of benzene rings is 2. The standard InChI is InChI=1S/C15H14N4/c16-15(12-7-3-1-4-8-12)14-11-17-18-19(14)13-9-5-2-6-10-13/h1-11,15H,16H2.